The Bertz CT molecular complexity index is 1310. The molecule has 2 aromatic rings. The van der Waals surface area contributed by atoms with E-state index >= 15 is 0 Å². The predicted octanol–water partition coefficient (Wildman–Crippen LogP) is 4.53. The van der Waals surface area contributed by atoms with Crippen LogP contribution < -0.4 is 10.6 Å². The summed E-state index contributed by atoms with van der Waals surface area (Å²) in [4.78, 5) is 56.5. The third-order valence-corrected chi connectivity index (χ3v) is 8.06. The number of hydrogen-bond acceptors (Lipinski definition) is 5. The van der Waals surface area contributed by atoms with E-state index in [4.69, 9.17) is 4.74 Å². The zero-order chi connectivity index (χ0) is 31.3. The van der Waals surface area contributed by atoms with Crippen molar-refractivity contribution in [2.45, 2.75) is 90.1 Å². The van der Waals surface area contributed by atoms with Crippen LogP contribution in [0, 0.1) is 5.92 Å². The second-order valence-corrected chi connectivity index (χ2v) is 12.7. The van der Waals surface area contributed by atoms with Crippen LogP contribution in [0.2, 0.25) is 0 Å². The molecule has 4 amide bonds. The van der Waals surface area contributed by atoms with E-state index in [-0.39, 0.29) is 31.5 Å². The van der Waals surface area contributed by atoms with Gasteiger partial charge in [-0.1, -0.05) is 68.4 Å². The maximum Gasteiger partial charge on any atom is 0.408 e. The normalized spacial score (nSPS) is 21.0. The van der Waals surface area contributed by atoms with Crippen LogP contribution in [-0.4, -0.2) is 75.7 Å². The van der Waals surface area contributed by atoms with Gasteiger partial charge in [0, 0.05) is 13.1 Å². The molecule has 3 N–H and O–H groups in total. The van der Waals surface area contributed by atoms with Gasteiger partial charge in [-0.15, -0.1) is 0 Å². The van der Waals surface area contributed by atoms with Crippen molar-refractivity contribution in [1.29, 1.82) is 0 Å². The van der Waals surface area contributed by atoms with Crippen LogP contribution in [-0.2, 0) is 27.2 Å². The van der Waals surface area contributed by atoms with Crippen molar-refractivity contribution in [3.05, 3.63) is 71.3 Å². The molecule has 232 valence electrons. The molecule has 4 rings (SSSR count). The minimum Gasteiger partial charge on any atom is -0.465 e. The Labute approximate surface area is 253 Å². The van der Waals surface area contributed by atoms with Gasteiger partial charge in [-0.2, -0.15) is 0 Å². The molecule has 1 unspecified atom stereocenters. The van der Waals surface area contributed by atoms with Gasteiger partial charge in [-0.05, 0) is 69.1 Å². The van der Waals surface area contributed by atoms with Gasteiger partial charge in [0.05, 0.1) is 12.1 Å². The molecule has 1 heterocycles. The summed E-state index contributed by atoms with van der Waals surface area (Å²) in [7, 11) is 0. The van der Waals surface area contributed by atoms with E-state index < -0.39 is 47.7 Å². The average Bonchev–Trinajstić information content (AvgIpc) is 2.94. The number of carbonyl (C=O) groups is 4. The Morgan fingerprint density at radius 2 is 1.63 bits per heavy atom. The first-order valence-corrected chi connectivity index (χ1v) is 15.1. The fourth-order valence-electron chi connectivity index (χ4n) is 6.06. The van der Waals surface area contributed by atoms with Crippen LogP contribution in [0.3, 0.4) is 0 Å². The molecule has 0 bridgehead atoms. The van der Waals surface area contributed by atoms with E-state index in [1.807, 2.05) is 62.4 Å². The zero-order valence-corrected chi connectivity index (χ0v) is 25.7. The van der Waals surface area contributed by atoms with E-state index in [0.29, 0.717) is 0 Å². The van der Waals surface area contributed by atoms with E-state index in [9.17, 15) is 24.3 Å². The third-order valence-electron chi connectivity index (χ3n) is 8.06. The second kappa shape index (κ2) is 13.5. The zero-order valence-electron chi connectivity index (χ0n) is 25.7. The molecular weight excluding hydrogens is 548 g/mol. The lowest BCUT2D eigenvalue weighted by Crippen LogP contribution is -2.69. The Hall–Kier alpha value is -4.08. The second-order valence-electron chi connectivity index (χ2n) is 12.7. The molecule has 1 fully saturated rings. The topological polar surface area (TPSA) is 128 Å². The molecule has 43 heavy (non-hydrogen) atoms. The maximum absolute atomic E-state index is 14.3. The number of amides is 4. The van der Waals surface area contributed by atoms with E-state index in [1.54, 1.807) is 20.8 Å². The van der Waals surface area contributed by atoms with Crippen LogP contribution in [0.5, 0.6) is 0 Å². The minimum atomic E-state index is -1.15. The maximum atomic E-state index is 14.3. The third kappa shape index (κ3) is 7.86. The highest BCUT2D eigenvalue weighted by Crippen LogP contribution is 2.31. The number of fused-ring (bicyclic) bond motifs is 1. The number of piperazine rings is 1. The quantitative estimate of drug-likeness (QED) is 0.433. The first-order chi connectivity index (χ1) is 20.4. The highest BCUT2D eigenvalue weighted by molar-refractivity contribution is 5.93. The fourth-order valence-corrected chi connectivity index (χ4v) is 6.06. The summed E-state index contributed by atoms with van der Waals surface area (Å²) in [5.74, 6) is -1.19. The van der Waals surface area contributed by atoms with Crippen molar-refractivity contribution >= 4 is 24.0 Å². The van der Waals surface area contributed by atoms with Crippen LogP contribution in [0.25, 0.3) is 0 Å². The molecule has 1 aliphatic carbocycles. The van der Waals surface area contributed by atoms with E-state index in [1.165, 1.54) is 15.4 Å². The molecule has 0 saturated carbocycles. The number of hydrogen-bond donors (Lipinski definition) is 3. The van der Waals surface area contributed by atoms with Crippen molar-refractivity contribution in [3.63, 3.8) is 0 Å². The fraction of sp³-hybridized carbons (Fsp3) is 0.515. The largest absolute Gasteiger partial charge is 0.465 e. The molecule has 4 atom stereocenters. The van der Waals surface area contributed by atoms with Gasteiger partial charge >= 0.3 is 12.2 Å². The van der Waals surface area contributed by atoms with Gasteiger partial charge in [0.2, 0.25) is 11.8 Å². The first kappa shape index (κ1) is 31.8. The van der Waals surface area contributed by atoms with Crippen molar-refractivity contribution in [1.82, 2.24) is 20.4 Å². The lowest BCUT2D eigenvalue weighted by atomic mass is 9.87. The van der Waals surface area contributed by atoms with Gasteiger partial charge in [0.15, 0.2) is 0 Å². The van der Waals surface area contributed by atoms with Gasteiger partial charge in [0.25, 0.3) is 0 Å². The summed E-state index contributed by atoms with van der Waals surface area (Å²) >= 11 is 0. The molecule has 10 heteroatoms. The Morgan fingerprint density at radius 1 is 0.977 bits per heavy atom. The van der Waals surface area contributed by atoms with Crippen molar-refractivity contribution in [2.75, 3.05) is 13.1 Å². The highest BCUT2D eigenvalue weighted by atomic mass is 16.6. The predicted molar refractivity (Wildman–Crippen MR) is 162 cm³/mol. The molecule has 0 radical (unpaired) electrons. The number of benzene rings is 2. The summed E-state index contributed by atoms with van der Waals surface area (Å²) in [5.41, 5.74) is 2.30. The monoisotopic (exact) mass is 592 g/mol. The van der Waals surface area contributed by atoms with E-state index in [2.05, 4.69) is 16.7 Å². The number of nitrogens with one attached hydrogen (secondary N) is 2. The van der Waals surface area contributed by atoms with Crippen LogP contribution in [0.4, 0.5) is 9.59 Å². The van der Waals surface area contributed by atoms with Crippen molar-refractivity contribution in [3.8, 4) is 0 Å². The van der Waals surface area contributed by atoms with Crippen LogP contribution in [0.1, 0.15) is 70.2 Å². The summed E-state index contributed by atoms with van der Waals surface area (Å²) in [6, 6.07) is 14.2. The number of alkyl carbamates (subject to hydrolysis) is 1. The Balaban J connectivity index is 1.70. The molecule has 1 saturated heterocycles. The van der Waals surface area contributed by atoms with Gasteiger partial charge < -0.3 is 30.3 Å². The van der Waals surface area contributed by atoms with Crippen molar-refractivity contribution in [2.24, 2.45) is 5.92 Å². The van der Waals surface area contributed by atoms with E-state index in [0.717, 1.165) is 30.4 Å². The Morgan fingerprint density at radius 3 is 2.28 bits per heavy atom. The van der Waals surface area contributed by atoms with Gasteiger partial charge in [0.1, 0.15) is 17.7 Å². The number of rotatable bonds is 7. The summed E-state index contributed by atoms with van der Waals surface area (Å²) in [5, 5.41) is 16.1. The Kier molecular flexibility index (Phi) is 9.98. The molecule has 2 aromatic carbocycles. The highest BCUT2D eigenvalue weighted by Gasteiger charge is 2.47. The molecule has 0 aromatic heterocycles. The molecule has 0 spiro atoms. The number of ether oxygens (including phenoxy) is 1. The van der Waals surface area contributed by atoms with Crippen molar-refractivity contribution < 1.29 is 29.0 Å². The lowest BCUT2D eigenvalue weighted by Gasteiger charge is -2.47. The minimum absolute atomic E-state index is 0.00891. The first-order valence-electron chi connectivity index (χ1n) is 15.1. The summed E-state index contributed by atoms with van der Waals surface area (Å²) in [6.07, 6.45) is 0.920. The average molecular weight is 593 g/mol. The van der Waals surface area contributed by atoms with Crippen LogP contribution in [0.15, 0.2) is 54.6 Å². The van der Waals surface area contributed by atoms with Gasteiger partial charge in [-0.3, -0.25) is 9.59 Å². The summed E-state index contributed by atoms with van der Waals surface area (Å²) < 4.78 is 5.43. The summed E-state index contributed by atoms with van der Waals surface area (Å²) in [6.45, 7) is 8.87. The lowest BCUT2D eigenvalue weighted by molar-refractivity contribution is -0.149. The van der Waals surface area contributed by atoms with Crippen LogP contribution >= 0.6 is 0 Å². The molecule has 2 aliphatic rings. The number of nitrogens with zero attached hydrogens (tertiary/aromatic N) is 2. The number of carboxylic acid groups (broad SMARTS) is 1. The molecular formula is C33H44N4O6. The molecule has 1 aliphatic heterocycles. The smallest absolute Gasteiger partial charge is 0.408 e. The number of aryl methyl sites for hydroxylation is 1. The van der Waals surface area contributed by atoms with Gasteiger partial charge in [-0.25, -0.2) is 9.59 Å². The SMILES string of the molecule is CC(C)[C@H](NC(=O)OC(C)(C)C)C(=O)N1CCN(C(=O)O)C(Cc2ccccc2)[C@H]1C(=O)N[C@@H]1CCCc2ccccc21. The standard InChI is InChI=1S/C33H44N4O6/c1-21(2)27(35-31(40)43-33(3,4)5)30(39)37-19-18-36(32(41)42)26(20-22-12-7-6-8-13-22)28(37)29(38)34-25-17-11-15-23-14-9-10-16-24(23)25/h6-10,12-14,16,21,25-28H,11,15,17-20H2,1-5H3,(H,34,38)(H,35,40)(H,41,42)/t25-,26?,27+,28+/m1/s1. The number of carbonyl (C=O) groups excluding carboxylic acids is 3. The molecule has 10 nitrogen and oxygen atoms in total.